The minimum absolute atomic E-state index is 0.0528. The molecule has 5 N–H and O–H groups in total. The zero-order valence-electron chi connectivity index (χ0n) is 12.4. The molecule has 1 aliphatic heterocycles. The topological polar surface area (TPSA) is 108 Å². The molecule has 0 aromatic heterocycles. The Morgan fingerprint density at radius 2 is 2.00 bits per heavy atom. The maximum absolute atomic E-state index is 10.4. The number of likely N-dealkylation sites (tertiary alicyclic amines) is 1. The maximum atomic E-state index is 10.4. The van der Waals surface area contributed by atoms with Crippen molar-refractivity contribution in [2.75, 3.05) is 31.9 Å². The summed E-state index contributed by atoms with van der Waals surface area (Å²) in [5.74, 6) is 0.818. The van der Waals surface area contributed by atoms with E-state index in [1.54, 1.807) is 0 Å². The van der Waals surface area contributed by atoms with Crippen LogP contribution in [-0.4, -0.2) is 59.6 Å². The van der Waals surface area contributed by atoms with Gasteiger partial charge >= 0.3 is 6.09 Å². The van der Waals surface area contributed by atoms with Gasteiger partial charge in [0.25, 0.3) is 0 Å². The van der Waals surface area contributed by atoms with Crippen LogP contribution in [0.15, 0.2) is 24.3 Å². The number of carbonyl (C=O) groups is 1. The molecule has 1 aliphatic rings. The third-order valence-electron chi connectivity index (χ3n) is 3.68. The maximum Gasteiger partial charge on any atom is 0.404 e. The highest BCUT2D eigenvalue weighted by Gasteiger charge is 2.22. The summed E-state index contributed by atoms with van der Waals surface area (Å²) in [6, 6.07) is 7.36. The molecule has 1 unspecified atom stereocenters. The van der Waals surface area contributed by atoms with E-state index in [1.807, 2.05) is 24.3 Å². The molecule has 1 aromatic rings. The van der Waals surface area contributed by atoms with Crippen LogP contribution in [-0.2, 0) is 0 Å². The molecule has 22 heavy (non-hydrogen) atoms. The molecule has 122 valence electrons. The number of hydrogen-bond acceptors (Lipinski definition) is 5. The van der Waals surface area contributed by atoms with Crippen LogP contribution in [0.5, 0.6) is 5.75 Å². The summed E-state index contributed by atoms with van der Waals surface area (Å²) in [6.45, 7) is 2.17. The van der Waals surface area contributed by atoms with E-state index in [2.05, 4.69) is 10.2 Å². The first-order valence-electron chi connectivity index (χ1n) is 7.42. The van der Waals surface area contributed by atoms with Gasteiger partial charge in [-0.3, -0.25) is 0 Å². The van der Waals surface area contributed by atoms with E-state index in [9.17, 15) is 9.90 Å². The fourth-order valence-electron chi connectivity index (χ4n) is 2.52. The Morgan fingerprint density at radius 1 is 1.36 bits per heavy atom. The highest BCUT2D eigenvalue weighted by molar-refractivity contribution is 5.64. The molecule has 1 amide bonds. The number of nitrogens with zero attached hydrogens (tertiary/aromatic N) is 1. The van der Waals surface area contributed by atoms with Crippen molar-refractivity contribution < 1.29 is 19.7 Å². The van der Waals surface area contributed by atoms with Crippen LogP contribution in [0.3, 0.4) is 0 Å². The average Bonchev–Trinajstić information content (AvgIpc) is 2.49. The third kappa shape index (κ3) is 5.42. The van der Waals surface area contributed by atoms with Gasteiger partial charge in [-0.15, -0.1) is 0 Å². The molecule has 0 aliphatic carbocycles. The van der Waals surface area contributed by atoms with Crippen LogP contribution in [0.25, 0.3) is 0 Å². The number of hydrogen-bond donors (Lipinski definition) is 4. The molecule has 2 rings (SSSR count). The molecule has 1 fully saturated rings. The van der Waals surface area contributed by atoms with Crippen LogP contribution in [0.1, 0.15) is 12.8 Å². The van der Waals surface area contributed by atoms with E-state index in [-0.39, 0.29) is 12.6 Å². The molecule has 0 bridgehead atoms. The number of nitrogens with one attached hydrogen (secondary N) is 1. The van der Waals surface area contributed by atoms with Gasteiger partial charge in [-0.25, -0.2) is 4.79 Å². The van der Waals surface area contributed by atoms with Gasteiger partial charge in [-0.2, -0.15) is 0 Å². The van der Waals surface area contributed by atoms with Crippen molar-refractivity contribution in [1.29, 1.82) is 0 Å². The van der Waals surface area contributed by atoms with Crippen molar-refractivity contribution >= 4 is 11.8 Å². The van der Waals surface area contributed by atoms with Gasteiger partial charge in [0.05, 0.1) is 6.10 Å². The average molecular weight is 309 g/mol. The van der Waals surface area contributed by atoms with Crippen molar-refractivity contribution in [3.63, 3.8) is 0 Å². The zero-order valence-corrected chi connectivity index (χ0v) is 12.4. The van der Waals surface area contributed by atoms with Gasteiger partial charge in [-0.05, 0) is 37.1 Å². The lowest BCUT2D eigenvalue weighted by Crippen LogP contribution is -2.44. The second-order valence-electron chi connectivity index (χ2n) is 5.53. The summed E-state index contributed by atoms with van der Waals surface area (Å²) in [6.07, 6.45) is 0.113. The molecule has 1 heterocycles. The van der Waals surface area contributed by atoms with Crippen molar-refractivity contribution in [2.24, 2.45) is 0 Å². The number of benzene rings is 1. The Balaban J connectivity index is 1.69. The van der Waals surface area contributed by atoms with Gasteiger partial charge in [0.1, 0.15) is 11.9 Å². The first-order valence-corrected chi connectivity index (χ1v) is 7.42. The Morgan fingerprint density at radius 3 is 2.59 bits per heavy atom. The lowest BCUT2D eigenvalue weighted by molar-refractivity contribution is 0.0611. The first-order chi connectivity index (χ1) is 10.5. The number of amides is 1. The first kappa shape index (κ1) is 16.4. The lowest BCUT2D eigenvalue weighted by Gasteiger charge is -2.33. The molecular formula is C15H23N3O4. The van der Waals surface area contributed by atoms with Crippen LogP contribution in [0.4, 0.5) is 10.5 Å². The largest absolute Gasteiger partial charge is 0.490 e. The summed E-state index contributed by atoms with van der Waals surface area (Å²) in [7, 11) is 0. The quantitative estimate of drug-likeness (QED) is 0.577. The number of β-amino-alcohol motifs (C(OH)–C–C–N with tert-alkyl or cyclic N) is 1. The molecule has 7 heteroatoms. The monoisotopic (exact) mass is 309 g/mol. The predicted octanol–water partition coefficient (Wildman–Crippen LogP) is 0.740. The Kier molecular flexibility index (Phi) is 5.85. The lowest BCUT2D eigenvalue weighted by atomic mass is 10.1. The molecule has 1 saturated heterocycles. The number of piperidine rings is 1. The third-order valence-corrected chi connectivity index (χ3v) is 3.68. The van der Waals surface area contributed by atoms with Crippen molar-refractivity contribution in [1.82, 2.24) is 10.2 Å². The van der Waals surface area contributed by atoms with Crippen LogP contribution in [0.2, 0.25) is 0 Å². The number of anilines is 1. The highest BCUT2D eigenvalue weighted by atomic mass is 16.5. The summed E-state index contributed by atoms with van der Waals surface area (Å²) >= 11 is 0. The molecular weight excluding hydrogens is 286 g/mol. The number of nitrogens with two attached hydrogens (primary N) is 1. The van der Waals surface area contributed by atoms with Gasteiger partial charge < -0.3 is 30.9 Å². The van der Waals surface area contributed by atoms with Crippen molar-refractivity contribution in [3.05, 3.63) is 24.3 Å². The molecule has 0 radical (unpaired) electrons. The Bertz CT molecular complexity index is 472. The second kappa shape index (κ2) is 7.86. The predicted molar refractivity (Wildman–Crippen MR) is 83.0 cm³/mol. The fourth-order valence-corrected chi connectivity index (χ4v) is 2.52. The molecule has 7 nitrogen and oxygen atoms in total. The van der Waals surface area contributed by atoms with Crippen LogP contribution in [0, 0.1) is 0 Å². The number of carboxylic acid groups (broad SMARTS) is 1. The van der Waals surface area contributed by atoms with E-state index in [0.717, 1.165) is 31.7 Å². The van der Waals surface area contributed by atoms with E-state index < -0.39 is 12.2 Å². The summed E-state index contributed by atoms with van der Waals surface area (Å²) in [4.78, 5) is 12.5. The van der Waals surface area contributed by atoms with Gasteiger partial charge in [-0.1, -0.05) is 0 Å². The standard InChI is InChI=1S/C15H23N3O4/c16-11-1-3-13(4-2-11)22-14-5-7-18(8-6-14)10-12(19)9-17-15(20)21/h1-4,12,14,17,19H,5-10,16H2,(H,20,21). The van der Waals surface area contributed by atoms with Crippen LogP contribution < -0.4 is 15.8 Å². The number of aliphatic hydroxyl groups is 1. The number of rotatable bonds is 6. The molecule has 1 aromatic carbocycles. The van der Waals surface area contributed by atoms with E-state index in [1.165, 1.54) is 0 Å². The summed E-state index contributed by atoms with van der Waals surface area (Å²) < 4.78 is 5.91. The van der Waals surface area contributed by atoms with Crippen molar-refractivity contribution in [2.45, 2.75) is 25.0 Å². The van der Waals surface area contributed by atoms with Gasteiger partial charge in [0, 0.05) is 31.9 Å². The Labute approximate surface area is 129 Å². The SMILES string of the molecule is Nc1ccc(OC2CCN(CC(O)CNC(=O)O)CC2)cc1. The normalized spacial score (nSPS) is 17.9. The molecule has 0 saturated carbocycles. The summed E-state index contributed by atoms with van der Waals surface area (Å²) in [5, 5.41) is 20.5. The van der Waals surface area contributed by atoms with Gasteiger partial charge in [0.2, 0.25) is 0 Å². The number of aliphatic hydroxyl groups excluding tert-OH is 1. The minimum atomic E-state index is -1.12. The second-order valence-corrected chi connectivity index (χ2v) is 5.53. The summed E-state index contributed by atoms with van der Waals surface area (Å²) in [5.41, 5.74) is 6.35. The van der Waals surface area contributed by atoms with Crippen LogP contribution >= 0.6 is 0 Å². The minimum Gasteiger partial charge on any atom is -0.490 e. The van der Waals surface area contributed by atoms with Gasteiger partial charge in [0.15, 0.2) is 0 Å². The van der Waals surface area contributed by atoms with E-state index in [4.69, 9.17) is 15.6 Å². The molecule has 1 atom stereocenters. The number of ether oxygens (including phenoxy) is 1. The highest BCUT2D eigenvalue weighted by Crippen LogP contribution is 2.20. The van der Waals surface area contributed by atoms with E-state index >= 15 is 0 Å². The molecule has 0 spiro atoms. The fraction of sp³-hybridized carbons (Fsp3) is 0.533. The zero-order chi connectivity index (χ0) is 15.9. The Hall–Kier alpha value is -1.99. The van der Waals surface area contributed by atoms with Crippen molar-refractivity contribution in [3.8, 4) is 5.75 Å². The van der Waals surface area contributed by atoms with E-state index in [0.29, 0.717) is 12.2 Å². The smallest absolute Gasteiger partial charge is 0.404 e. The number of nitrogen functional groups attached to an aromatic ring is 1.